The molecule has 3 rings (SSSR count). The van der Waals surface area contributed by atoms with E-state index in [1.165, 1.54) is 24.0 Å². The van der Waals surface area contributed by atoms with Gasteiger partial charge in [0, 0.05) is 11.6 Å². The van der Waals surface area contributed by atoms with E-state index in [1.54, 1.807) is 25.3 Å². The van der Waals surface area contributed by atoms with Crippen LogP contribution in [0.5, 0.6) is 11.5 Å². The van der Waals surface area contributed by atoms with E-state index in [0.29, 0.717) is 28.7 Å². The maximum Gasteiger partial charge on any atom is 0.287 e. The first kappa shape index (κ1) is 15.3. The molecule has 10 nitrogen and oxygen atoms in total. The van der Waals surface area contributed by atoms with Gasteiger partial charge in [-0.15, -0.1) is 15.0 Å². The van der Waals surface area contributed by atoms with Crippen LogP contribution in [0.1, 0.15) is 0 Å². The predicted octanol–water partition coefficient (Wildman–Crippen LogP) is 1.65. The van der Waals surface area contributed by atoms with Crippen molar-refractivity contribution in [1.82, 2.24) is 25.2 Å². The van der Waals surface area contributed by atoms with Crippen LogP contribution in [0.3, 0.4) is 0 Å². The average molecular weight is 328 g/mol. The number of pyridine rings is 1. The lowest BCUT2D eigenvalue weighted by Gasteiger charge is -2.07. The van der Waals surface area contributed by atoms with E-state index >= 15 is 0 Å². The smallest absolute Gasteiger partial charge is 0.287 e. The second kappa shape index (κ2) is 6.28. The van der Waals surface area contributed by atoms with Crippen molar-refractivity contribution >= 4 is 5.69 Å². The molecule has 0 fully saturated rings. The van der Waals surface area contributed by atoms with Crippen LogP contribution in [0.4, 0.5) is 5.69 Å². The summed E-state index contributed by atoms with van der Waals surface area (Å²) in [4.78, 5) is 15.3. The topological polar surface area (TPSA) is 118 Å². The van der Waals surface area contributed by atoms with Gasteiger partial charge in [-0.25, -0.2) is 4.98 Å². The molecule has 3 aromatic rings. The van der Waals surface area contributed by atoms with Crippen LogP contribution in [0, 0.1) is 10.1 Å². The lowest BCUT2D eigenvalue weighted by Crippen LogP contribution is -2.02. The second-order valence-electron chi connectivity index (χ2n) is 4.60. The van der Waals surface area contributed by atoms with Crippen molar-refractivity contribution in [1.29, 1.82) is 0 Å². The van der Waals surface area contributed by atoms with Gasteiger partial charge in [0.15, 0.2) is 17.3 Å². The third-order valence-corrected chi connectivity index (χ3v) is 3.20. The molecule has 0 atom stereocenters. The quantitative estimate of drug-likeness (QED) is 0.512. The van der Waals surface area contributed by atoms with Crippen molar-refractivity contribution in [2.75, 3.05) is 14.2 Å². The maximum absolute atomic E-state index is 10.6. The molecule has 24 heavy (non-hydrogen) atoms. The number of hydrogen-bond acceptors (Lipinski definition) is 8. The summed E-state index contributed by atoms with van der Waals surface area (Å²) in [6, 6.07) is 7.99. The SMILES string of the molecule is COc1ccc(-c2nnn(-c3ccc([N+](=O)[O-])cn3)n2)cc1OC. The summed E-state index contributed by atoms with van der Waals surface area (Å²) in [6.45, 7) is 0. The van der Waals surface area contributed by atoms with Gasteiger partial charge in [0.2, 0.25) is 5.82 Å². The summed E-state index contributed by atoms with van der Waals surface area (Å²) in [6.07, 6.45) is 1.13. The molecule has 0 N–H and O–H groups in total. The van der Waals surface area contributed by atoms with Crippen LogP contribution in [0.15, 0.2) is 36.5 Å². The van der Waals surface area contributed by atoms with Crippen LogP contribution in [0.2, 0.25) is 0 Å². The monoisotopic (exact) mass is 328 g/mol. The minimum Gasteiger partial charge on any atom is -0.493 e. The van der Waals surface area contributed by atoms with E-state index in [0.717, 1.165) is 6.20 Å². The Hall–Kier alpha value is -3.56. The third-order valence-electron chi connectivity index (χ3n) is 3.20. The molecule has 2 heterocycles. The Labute approximate surface area is 135 Å². The number of ether oxygens (including phenoxy) is 2. The molecule has 0 radical (unpaired) electrons. The zero-order valence-corrected chi connectivity index (χ0v) is 12.8. The van der Waals surface area contributed by atoms with E-state index in [2.05, 4.69) is 20.4 Å². The number of nitro groups is 1. The number of benzene rings is 1. The molecule has 10 heteroatoms. The number of nitrogens with zero attached hydrogens (tertiary/aromatic N) is 6. The molecule has 0 aliphatic heterocycles. The molecule has 0 aliphatic carbocycles. The first-order valence-electron chi connectivity index (χ1n) is 6.75. The predicted molar refractivity (Wildman–Crippen MR) is 82.1 cm³/mol. The van der Waals surface area contributed by atoms with Gasteiger partial charge in [-0.1, -0.05) is 0 Å². The van der Waals surface area contributed by atoms with Crippen LogP contribution < -0.4 is 9.47 Å². The molecule has 122 valence electrons. The molecular weight excluding hydrogens is 316 g/mol. The number of tetrazole rings is 1. The standard InChI is InChI=1S/C14H12N6O4/c1-23-11-5-3-9(7-12(11)24-2)14-16-18-19(17-14)13-6-4-10(8-15-13)20(21)22/h3-8H,1-2H3. The van der Waals surface area contributed by atoms with Crippen LogP contribution in [0.25, 0.3) is 17.2 Å². The first-order chi connectivity index (χ1) is 11.6. The molecule has 0 spiro atoms. The van der Waals surface area contributed by atoms with E-state index in [4.69, 9.17) is 9.47 Å². The molecule has 0 unspecified atom stereocenters. The van der Waals surface area contributed by atoms with Gasteiger partial charge in [-0.2, -0.15) is 0 Å². The fourth-order valence-electron chi connectivity index (χ4n) is 2.01. The zero-order chi connectivity index (χ0) is 17.1. The van der Waals surface area contributed by atoms with Crippen molar-refractivity contribution in [3.8, 4) is 28.7 Å². The number of rotatable bonds is 5. The number of hydrogen-bond donors (Lipinski definition) is 0. The lowest BCUT2D eigenvalue weighted by molar-refractivity contribution is -0.385. The van der Waals surface area contributed by atoms with Crippen molar-refractivity contribution in [2.24, 2.45) is 0 Å². The Morgan fingerprint density at radius 1 is 1.12 bits per heavy atom. The molecular formula is C14H12N6O4. The van der Waals surface area contributed by atoms with Gasteiger partial charge in [0.25, 0.3) is 5.69 Å². The normalized spacial score (nSPS) is 10.4. The molecule has 0 aliphatic rings. The third kappa shape index (κ3) is 2.84. The fraction of sp³-hybridized carbons (Fsp3) is 0.143. The maximum atomic E-state index is 10.6. The Bertz CT molecular complexity index is 877. The van der Waals surface area contributed by atoms with Gasteiger partial charge in [-0.05, 0) is 29.5 Å². The molecule has 0 saturated carbocycles. The summed E-state index contributed by atoms with van der Waals surface area (Å²) in [5, 5.41) is 22.7. The Kier molecular flexibility index (Phi) is 4.01. The van der Waals surface area contributed by atoms with Gasteiger partial charge in [0.05, 0.1) is 19.1 Å². The van der Waals surface area contributed by atoms with E-state index < -0.39 is 4.92 Å². The minimum atomic E-state index is -0.527. The Morgan fingerprint density at radius 2 is 1.92 bits per heavy atom. The van der Waals surface area contributed by atoms with Gasteiger partial charge in [-0.3, -0.25) is 10.1 Å². The second-order valence-corrected chi connectivity index (χ2v) is 4.60. The number of methoxy groups -OCH3 is 2. The zero-order valence-electron chi connectivity index (χ0n) is 12.8. The molecule has 1 aromatic carbocycles. The molecule has 0 amide bonds. The minimum absolute atomic E-state index is 0.112. The largest absolute Gasteiger partial charge is 0.493 e. The van der Waals surface area contributed by atoms with Crippen molar-refractivity contribution in [3.63, 3.8) is 0 Å². The lowest BCUT2D eigenvalue weighted by atomic mass is 10.2. The van der Waals surface area contributed by atoms with Crippen LogP contribution in [-0.2, 0) is 0 Å². The van der Waals surface area contributed by atoms with E-state index in [-0.39, 0.29) is 5.69 Å². The Balaban J connectivity index is 1.91. The van der Waals surface area contributed by atoms with Crippen molar-refractivity contribution < 1.29 is 14.4 Å². The van der Waals surface area contributed by atoms with Crippen molar-refractivity contribution in [3.05, 3.63) is 46.6 Å². The summed E-state index contributed by atoms with van der Waals surface area (Å²) in [7, 11) is 3.08. The van der Waals surface area contributed by atoms with Crippen LogP contribution in [-0.4, -0.2) is 44.3 Å². The van der Waals surface area contributed by atoms with Crippen LogP contribution >= 0.6 is 0 Å². The van der Waals surface area contributed by atoms with E-state index in [1.807, 2.05) is 0 Å². The molecule has 0 bridgehead atoms. The Morgan fingerprint density at radius 3 is 2.54 bits per heavy atom. The fourth-order valence-corrected chi connectivity index (χ4v) is 2.01. The molecule has 2 aromatic heterocycles. The highest BCUT2D eigenvalue weighted by molar-refractivity contribution is 5.60. The van der Waals surface area contributed by atoms with E-state index in [9.17, 15) is 10.1 Å². The highest BCUT2D eigenvalue weighted by atomic mass is 16.6. The van der Waals surface area contributed by atoms with Gasteiger partial charge >= 0.3 is 0 Å². The summed E-state index contributed by atoms with van der Waals surface area (Å²) in [5.41, 5.74) is 0.569. The average Bonchev–Trinajstić information content (AvgIpc) is 3.11. The van der Waals surface area contributed by atoms with Crippen molar-refractivity contribution in [2.45, 2.75) is 0 Å². The number of aromatic nitrogens is 5. The van der Waals surface area contributed by atoms with Gasteiger partial charge in [0.1, 0.15) is 6.20 Å². The summed E-state index contributed by atoms with van der Waals surface area (Å²) >= 11 is 0. The highest BCUT2D eigenvalue weighted by Crippen LogP contribution is 2.30. The summed E-state index contributed by atoms with van der Waals surface area (Å²) < 4.78 is 10.4. The summed E-state index contributed by atoms with van der Waals surface area (Å²) in [5.74, 6) is 1.81. The van der Waals surface area contributed by atoms with Gasteiger partial charge < -0.3 is 9.47 Å². The highest BCUT2D eigenvalue weighted by Gasteiger charge is 2.13. The molecule has 0 saturated heterocycles. The first-order valence-corrected chi connectivity index (χ1v) is 6.75.